The lowest BCUT2D eigenvalue weighted by Gasteiger charge is -2.25. The molecule has 8 heteroatoms. The molecule has 1 heterocycles. The standard InChI is InChI=1S/C54H106N2O4.CH3NO/c1-5-9-13-23-35-51(36-24-14-10-6-2)39-33-49-59-53(57)41-27-19-17-21-29-43-55(47-48-56-45-31-32-46-56)44-30-22-18-20-28-42-54(58)60-50-34-40-52(37-25-15-11-7-3)38-26-16-12-8-4;2-1-3/h51-52H,5-50H2,1-4H3;1H,(H2,2,3). The summed E-state index contributed by atoms with van der Waals surface area (Å²) in [4.78, 5) is 38.8. The topological polar surface area (TPSA) is 102 Å². The number of hydrogen-bond acceptors (Lipinski definition) is 7. The Morgan fingerprint density at radius 1 is 0.476 bits per heavy atom. The second kappa shape index (κ2) is 49.8. The molecule has 0 unspecified atom stereocenters. The fourth-order valence-corrected chi connectivity index (χ4v) is 9.46. The van der Waals surface area contributed by atoms with Gasteiger partial charge in [-0.15, -0.1) is 0 Å². The molecule has 0 radical (unpaired) electrons. The highest BCUT2D eigenvalue weighted by atomic mass is 16.5. The van der Waals surface area contributed by atoms with E-state index < -0.39 is 0 Å². The smallest absolute Gasteiger partial charge is 0.305 e. The average molecular weight is 892 g/mol. The Labute approximate surface area is 392 Å². The summed E-state index contributed by atoms with van der Waals surface area (Å²) >= 11 is 0. The zero-order valence-electron chi connectivity index (χ0n) is 42.8. The maximum Gasteiger partial charge on any atom is 0.305 e. The van der Waals surface area contributed by atoms with Gasteiger partial charge in [-0.1, -0.05) is 195 Å². The van der Waals surface area contributed by atoms with Crippen LogP contribution in [0.25, 0.3) is 0 Å². The molecule has 63 heavy (non-hydrogen) atoms. The average Bonchev–Trinajstić information content (AvgIpc) is 3.81. The number of nitrogens with zero attached hydrogens (tertiary/aromatic N) is 2. The third-order valence-corrected chi connectivity index (χ3v) is 13.5. The molecule has 0 bridgehead atoms. The lowest BCUT2D eigenvalue weighted by Crippen LogP contribution is -2.35. The van der Waals surface area contributed by atoms with Crippen molar-refractivity contribution in [1.82, 2.24) is 9.80 Å². The van der Waals surface area contributed by atoms with Gasteiger partial charge < -0.3 is 25.0 Å². The van der Waals surface area contributed by atoms with Crippen LogP contribution in [0, 0.1) is 11.8 Å². The SMILES string of the molecule is CCCCCCC(CCCCCC)CCCOC(=O)CCCCCCCN(CCCCCCCC(=O)OCCCC(CCCCCC)CCCCCC)CCN1CCCC1.NC=O. The summed E-state index contributed by atoms with van der Waals surface area (Å²) in [6.45, 7) is 17.7. The van der Waals surface area contributed by atoms with Gasteiger partial charge in [0, 0.05) is 25.9 Å². The molecule has 0 spiro atoms. The van der Waals surface area contributed by atoms with E-state index >= 15 is 0 Å². The monoisotopic (exact) mass is 892 g/mol. The van der Waals surface area contributed by atoms with E-state index in [1.165, 1.54) is 232 Å². The van der Waals surface area contributed by atoms with Crippen LogP contribution in [0.4, 0.5) is 0 Å². The number of carbonyl (C=O) groups excluding carboxylic acids is 3. The van der Waals surface area contributed by atoms with Crippen molar-refractivity contribution in [3.05, 3.63) is 0 Å². The number of esters is 2. The Morgan fingerprint density at radius 3 is 1.16 bits per heavy atom. The van der Waals surface area contributed by atoms with Gasteiger partial charge in [0.25, 0.3) is 0 Å². The van der Waals surface area contributed by atoms with Gasteiger partial charge in [0.2, 0.25) is 6.41 Å². The number of nitrogens with two attached hydrogens (primary N) is 1. The highest BCUT2D eigenvalue weighted by Gasteiger charge is 2.15. The van der Waals surface area contributed by atoms with E-state index in [1.807, 2.05) is 0 Å². The minimum absolute atomic E-state index is 0.0147. The molecule has 1 rings (SSSR count). The van der Waals surface area contributed by atoms with E-state index in [1.54, 1.807) is 0 Å². The summed E-state index contributed by atoms with van der Waals surface area (Å²) in [7, 11) is 0. The molecule has 2 N–H and O–H groups in total. The van der Waals surface area contributed by atoms with Crippen molar-refractivity contribution >= 4 is 18.3 Å². The molecule has 0 aromatic heterocycles. The number of rotatable bonds is 47. The van der Waals surface area contributed by atoms with Crippen molar-refractivity contribution in [1.29, 1.82) is 0 Å². The highest BCUT2D eigenvalue weighted by Crippen LogP contribution is 2.24. The van der Waals surface area contributed by atoms with E-state index in [0.717, 1.165) is 50.4 Å². The van der Waals surface area contributed by atoms with Crippen LogP contribution < -0.4 is 5.73 Å². The van der Waals surface area contributed by atoms with Crippen molar-refractivity contribution in [3.63, 3.8) is 0 Å². The van der Waals surface area contributed by atoms with Crippen molar-refractivity contribution in [3.8, 4) is 0 Å². The largest absolute Gasteiger partial charge is 0.466 e. The first-order chi connectivity index (χ1) is 30.9. The third-order valence-electron chi connectivity index (χ3n) is 13.5. The van der Waals surface area contributed by atoms with Crippen molar-refractivity contribution < 1.29 is 23.9 Å². The highest BCUT2D eigenvalue weighted by molar-refractivity contribution is 5.69. The maximum atomic E-state index is 12.4. The van der Waals surface area contributed by atoms with Crippen molar-refractivity contribution in [2.24, 2.45) is 17.6 Å². The molecule has 0 aliphatic carbocycles. The summed E-state index contributed by atoms with van der Waals surface area (Å²) in [5.74, 6) is 1.66. The zero-order chi connectivity index (χ0) is 46.1. The molecule has 1 fully saturated rings. The predicted octanol–water partition coefficient (Wildman–Crippen LogP) is 14.9. The molecule has 374 valence electrons. The van der Waals surface area contributed by atoms with E-state index in [2.05, 4.69) is 43.2 Å². The Balaban J connectivity index is 0.0000124. The first-order valence-corrected chi connectivity index (χ1v) is 27.8. The van der Waals surface area contributed by atoms with E-state index in [0.29, 0.717) is 26.1 Å². The van der Waals surface area contributed by atoms with E-state index in [9.17, 15) is 9.59 Å². The van der Waals surface area contributed by atoms with E-state index in [4.69, 9.17) is 14.3 Å². The third kappa shape index (κ3) is 44.0. The number of ether oxygens (including phenoxy) is 2. The minimum atomic E-state index is 0.0147. The fraction of sp³-hybridized carbons (Fsp3) is 0.945. The number of primary amides is 1. The van der Waals surface area contributed by atoms with Crippen LogP contribution in [0.3, 0.4) is 0 Å². The Hall–Kier alpha value is -1.67. The van der Waals surface area contributed by atoms with Gasteiger partial charge in [-0.25, -0.2) is 0 Å². The number of carbonyl (C=O) groups is 3. The van der Waals surface area contributed by atoms with Crippen molar-refractivity contribution in [2.45, 2.75) is 272 Å². The minimum Gasteiger partial charge on any atom is -0.466 e. The predicted molar refractivity (Wildman–Crippen MR) is 270 cm³/mol. The lowest BCUT2D eigenvalue weighted by atomic mass is 9.91. The zero-order valence-corrected chi connectivity index (χ0v) is 42.8. The number of unbranched alkanes of at least 4 members (excludes halogenated alkanes) is 20. The molecule has 0 aromatic rings. The Morgan fingerprint density at radius 2 is 0.794 bits per heavy atom. The summed E-state index contributed by atoms with van der Waals surface area (Å²) in [6, 6.07) is 0. The fourth-order valence-electron chi connectivity index (χ4n) is 9.46. The van der Waals surface area contributed by atoms with Gasteiger partial charge in [0.1, 0.15) is 0 Å². The summed E-state index contributed by atoms with van der Waals surface area (Å²) in [5.41, 5.74) is 4.17. The molecule has 8 nitrogen and oxygen atoms in total. The normalized spacial score (nSPS) is 12.9. The van der Waals surface area contributed by atoms with Crippen LogP contribution in [0.5, 0.6) is 0 Å². The van der Waals surface area contributed by atoms with Crippen LogP contribution in [0.2, 0.25) is 0 Å². The quantitative estimate of drug-likeness (QED) is 0.0369. The van der Waals surface area contributed by atoms with Gasteiger partial charge in [-0.2, -0.15) is 0 Å². The van der Waals surface area contributed by atoms with Crippen LogP contribution >= 0.6 is 0 Å². The molecule has 0 saturated carbocycles. The van der Waals surface area contributed by atoms with Gasteiger partial charge >= 0.3 is 11.9 Å². The first-order valence-electron chi connectivity index (χ1n) is 27.8. The Kier molecular flexibility index (Phi) is 48.4. The summed E-state index contributed by atoms with van der Waals surface area (Å²) in [6.07, 6.45) is 47.3. The first kappa shape index (κ1) is 61.3. The Bertz CT molecular complexity index is 875. The van der Waals surface area contributed by atoms with Gasteiger partial charge in [0.15, 0.2) is 0 Å². The molecule has 1 aliphatic heterocycles. The lowest BCUT2D eigenvalue weighted by molar-refractivity contribution is -0.144. The number of likely N-dealkylation sites (tertiary alicyclic amines) is 1. The number of amides is 1. The van der Waals surface area contributed by atoms with Gasteiger partial charge in [-0.3, -0.25) is 14.4 Å². The summed E-state index contributed by atoms with van der Waals surface area (Å²) in [5, 5.41) is 0. The molecular formula is C55H109N3O5. The molecular weight excluding hydrogens is 783 g/mol. The maximum absolute atomic E-state index is 12.4. The van der Waals surface area contributed by atoms with Crippen LogP contribution in [-0.4, -0.2) is 80.6 Å². The second-order valence-electron chi connectivity index (χ2n) is 19.4. The van der Waals surface area contributed by atoms with Crippen LogP contribution in [0.15, 0.2) is 0 Å². The van der Waals surface area contributed by atoms with E-state index in [-0.39, 0.29) is 18.3 Å². The second-order valence-corrected chi connectivity index (χ2v) is 19.4. The van der Waals surface area contributed by atoms with Crippen molar-refractivity contribution in [2.75, 3.05) is 52.5 Å². The molecule has 1 saturated heterocycles. The van der Waals surface area contributed by atoms with Gasteiger partial charge in [-0.05, 0) is 102 Å². The molecule has 1 amide bonds. The molecule has 0 aromatic carbocycles. The number of hydrogen-bond donors (Lipinski definition) is 1. The van der Waals surface area contributed by atoms with Crippen LogP contribution in [-0.2, 0) is 23.9 Å². The molecule has 1 aliphatic rings. The molecule has 0 atom stereocenters. The summed E-state index contributed by atoms with van der Waals surface area (Å²) < 4.78 is 11.3. The van der Waals surface area contributed by atoms with Crippen LogP contribution in [0.1, 0.15) is 272 Å². The van der Waals surface area contributed by atoms with Gasteiger partial charge in [0.05, 0.1) is 13.2 Å².